The molecule has 0 aromatic heterocycles. The van der Waals surface area contributed by atoms with Crippen molar-refractivity contribution in [3.8, 4) is 0 Å². The maximum atomic E-state index is 8.60. The number of rotatable bonds is 2. The van der Waals surface area contributed by atoms with Crippen LogP contribution in [-0.2, 0) is 0 Å². The molecule has 0 unspecified atom stereocenters. The lowest BCUT2D eigenvalue weighted by Crippen LogP contribution is -2.32. The molecular weight excluding hydrogens is 146 g/mol. The second-order valence-electron chi connectivity index (χ2n) is 1.66. The molecule has 5 N–H and O–H groups in total. The summed E-state index contributed by atoms with van der Waals surface area (Å²) in [6.45, 7) is 3.29. The molecule has 5 heteroatoms. The van der Waals surface area contributed by atoms with Crippen molar-refractivity contribution in [1.29, 1.82) is 0 Å². The van der Waals surface area contributed by atoms with Crippen LogP contribution in [0.1, 0.15) is 13.8 Å². The van der Waals surface area contributed by atoms with Gasteiger partial charge in [0.1, 0.15) is 0 Å². The summed E-state index contributed by atoms with van der Waals surface area (Å²) in [4.78, 5) is 0. The predicted molar refractivity (Wildman–Crippen MR) is 36.9 cm³/mol. The van der Waals surface area contributed by atoms with Crippen LogP contribution in [0.4, 0.5) is 0 Å². The normalized spacial score (nSPS) is 14.7. The van der Waals surface area contributed by atoms with Crippen LogP contribution in [0.3, 0.4) is 0 Å². The number of hydroxylamine groups is 1. The van der Waals surface area contributed by atoms with Crippen LogP contribution in [0.15, 0.2) is 0 Å². The van der Waals surface area contributed by atoms with Crippen LogP contribution in [0.2, 0.25) is 0 Å². The molecule has 0 radical (unpaired) electrons. The molecule has 0 heterocycles. The van der Waals surface area contributed by atoms with Crippen molar-refractivity contribution in [1.82, 2.24) is 5.48 Å². The Morgan fingerprint density at radius 3 is 1.67 bits per heavy atom. The molecule has 0 aromatic carbocycles. The Morgan fingerprint density at radius 2 is 1.67 bits per heavy atom. The quantitative estimate of drug-likeness (QED) is 0.468. The molecule has 0 amide bonds. The van der Waals surface area contributed by atoms with Crippen molar-refractivity contribution >= 4 is 12.4 Å². The lowest BCUT2D eigenvalue weighted by atomic mass is 10.2. The van der Waals surface area contributed by atoms with Gasteiger partial charge in [-0.2, -0.15) is 0 Å². The molecule has 9 heavy (non-hydrogen) atoms. The molecule has 0 aliphatic rings. The molecule has 0 spiro atoms. The molecule has 0 saturated heterocycles. The molecule has 0 fully saturated rings. The van der Waals surface area contributed by atoms with Crippen LogP contribution < -0.4 is 5.48 Å². The fourth-order valence-corrected chi connectivity index (χ4v) is 0.108. The Morgan fingerprint density at radius 1 is 1.33 bits per heavy atom. The second-order valence-corrected chi connectivity index (χ2v) is 1.66. The Bertz CT molecular complexity index is 53.1. The van der Waals surface area contributed by atoms with Gasteiger partial charge in [0.15, 0.2) is 0 Å². The van der Waals surface area contributed by atoms with Gasteiger partial charge in [0.05, 0.1) is 12.1 Å². The minimum absolute atomic E-state index is 0. The predicted octanol–water partition coefficient (Wildman–Crippen LogP) is -0.668. The SMILES string of the molecule is C[C@H](O)[C@H](C)NO.Cl.O. The van der Waals surface area contributed by atoms with Crippen molar-refractivity contribution in [2.24, 2.45) is 0 Å². The number of hydrogen-bond acceptors (Lipinski definition) is 3. The first-order chi connectivity index (χ1) is 3.18. The van der Waals surface area contributed by atoms with E-state index >= 15 is 0 Å². The van der Waals surface area contributed by atoms with Gasteiger partial charge in [-0.3, -0.25) is 0 Å². The molecule has 0 aliphatic heterocycles. The number of aliphatic hydroxyl groups excluding tert-OH is 1. The largest absolute Gasteiger partial charge is 0.412 e. The van der Waals surface area contributed by atoms with E-state index in [9.17, 15) is 0 Å². The van der Waals surface area contributed by atoms with Crippen LogP contribution in [0.25, 0.3) is 0 Å². The molecule has 0 bridgehead atoms. The van der Waals surface area contributed by atoms with Crippen LogP contribution in [-0.4, -0.2) is 27.9 Å². The number of hydrogen-bond donors (Lipinski definition) is 3. The van der Waals surface area contributed by atoms with Gasteiger partial charge in [0.25, 0.3) is 0 Å². The summed E-state index contributed by atoms with van der Waals surface area (Å²) >= 11 is 0. The summed E-state index contributed by atoms with van der Waals surface area (Å²) < 4.78 is 0. The zero-order chi connectivity index (χ0) is 5.86. The highest BCUT2D eigenvalue weighted by Gasteiger charge is 2.03. The van der Waals surface area contributed by atoms with Crippen LogP contribution in [0.5, 0.6) is 0 Å². The topological polar surface area (TPSA) is 84.0 Å². The Kier molecular flexibility index (Phi) is 14.5. The second kappa shape index (κ2) is 8.13. The van der Waals surface area contributed by atoms with E-state index in [0.29, 0.717) is 0 Å². The fourth-order valence-electron chi connectivity index (χ4n) is 0.108. The third kappa shape index (κ3) is 8.13. The molecule has 0 aromatic rings. The van der Waals surface area contributed by atoms with Crippen LogP contribution >= 0.6 is 12.4 Å². The lowest BCUT2D eigenvalue weighted by Gasteiger charge is -2.10. The number of nitrogens with one attached hydrogen (secondary N) is 1. The van der Waals surface area contributed by atoms with Gasteiger partial charge in [-0.1, -0.05) is 0 Å². The molecule has 0 rings (SSSR count). The third-order valence-electron chi connectivity index (χ3n) is 0.927. The van der Waals surface area contributed by atoms with E-state index in [1.165, 1.54) is 0 Å². The smallest absolute Gasteiger partial charge is 0.0685 e. The van der Waals surface area contributed by atoms with Gasteiger partial charge in [-0.15, -0.1) is 12.4 Å². The van der Waals surface area contributed by atoms with Gasteiger partial charge >= 0.3 is 0 Å². The Labute approximate surface area is 60.6 Å². The summed E-state index contributed by atoms with van der Waals surface area (Å²) in [7, 11) is 0. The molecule has 0 aliphatic carbocycles. The monoisotopic (exact) mass is 159 g/mol. The Hall–Kier alpha value is 0.130. The maximum absolute atomic E-state index is 8.60. The summed E-state index contributed by atoms with van der Waals surface area (Å²) in [6.07, 6.45) is -0.495. The first-order valence-electron chi connectivity index (χ1n) is 2.26. The minimum atomic E-state index is -0.495. The van der Waals surface area contributed by atoms with Crippen molar-refractivity contribution in [2.75, 3.05) is 0 Å². The van der Waals surface area contributed by atoms with E-state index in [1.807, 2.05) is 5.48 Å². The zero-order valence-corrected chi connectivity index (χ0v) is 6.27. The summed E-state index contributed by atoms with van der Waals surface area (Å²) in [5.41, 5.74) is 1.91. The summed E-state index contributed by atoms with van der Waals surface area (Å²) in [5, 5.41) is 16.7. The highest BCUT2D eigenvalue weighted by Crippen LogP contribution is 1.86. The van der Waals surface area contributed by atoms with Crippen molar-refractivity contribution < 1.29 is 15.8 Å². The van der Waals surface area contributed by atoms with E-state index in [2.05, 4.69) is 0 Å². The number of aliphatic hydroxyl groups is 1. The van der Waals surface area contributed by atoms with Gasteiger partial charge in [0.2, 0.25) is 0 Å². The van der Waals surface area contributed by atoms with Gasteiger partial charge in [-0.25, -0.2) is 5.48 Å². The van der Waals surface area contributed by atoms with Gasteiger partial charge in [0, 0.05) is 0 Å². The van der Waals surface area contributed by atoms with Gasteiger partial charge in [-0.05, 0) is 13.8 Å². The zero-order valence-electron chi connectivity index (χ0n) is 5.46. The van der Waals surface area contributed by atoms with Crippen LogP contribution in [0, 0.1) is 0 Å². The maximum Gasteiger partial charge on any atom is 0.0685 e. The first kappa shape index (κ1) is 16.1. The third-order valence-corrected chi connectivity index (χ3v) is 0.927. The average Bonchev–Trinajstić information content (AvgIpc) is 1.65. The molecule has 2 atom stereocenters. The molecule has 4 nitrogen and oxygen atoms in total. The molecule has 0 saturated carbocycles. The van der Waals surface area contributed by atoms with Crippen molar-refractivity contribution in [2.45, 2.75) is 26.0 Å². The highest BCUT2D eigenvalue weighted by atomic mass is 35.5. The van der Waals surface area contributed by atoms with Crippen molar-refractivity contribution in [3.63, 3.8) is 0 Å². The van der Waals surface area contributed by atoms with E-state index in [0.717, 1.165) is 0 Å². The summed E-state index contributed by atoms with van der Waals surface area (Å²) in [5.74, 6) is 0. The van der Waals surface area contributed by atoms with E-state index in [1.54, 1.807) is 13.8 Å². The minimum Gasteiger partial charge on any atom is -0.412 e. The summed E-state index contributed by atoms with van der Waals surface area (Å²) in [6, 6.07) is -0.236. The first-order valence-corrected chi connectivity index (χ1v) is 2.26. The van der Waals surface area contributed by atoms with E-state index in [-0.39, 0.29) is 23.9 Å². The molecule has 60 valence electrons. The van der Waals surface area contributed by atoms with Gasteiger partial charge < -0.3 is 15.8 Å². The molecular formula is C4H14ClNO3. The van der Waals surface area contributed by atoms with Crippen molar-refractivity contribution in [3.05, 3.63) is 0 Å². The Balaban J connectivity index is -0.000000180. The van der Waals surface area contributed by atoms with E-state index < -0.39 is 6.10 Å². The highest BCUT2D eigenvalue weighted by molar-refractivity contribution is 5.85. The average molecular weight is 160 g/mol. The number of halogens is 1. The lowest BCUT2D eigenvalue weighted by molar-refractivity contribution is 0.0571. The fraction of sp³-hybridized carbons (Fsp3) is 1.00. The standard InChI is InChI=1S/C4H11NO2.ClH.H2O/c1-3(5-7)4(2)6;;/h3-7H,1-2H3;1H;1H2/t3-,4-;;/m0../s1. The van der Waals surface area contributed by atoms with E-state index in [4.69, 9.17) is 10.3 Å².